The van der Waals surface area contributed by atoms with Crippen LogP contribution in [0.3, 0.4) is 0 Å². The molecule has 0 unspecified atom stereocenters. The molecule has 0 spiro atoms. The van der Waals surface area contributed by atoms with Gasteiger partial charge in [0, 0.05) is 21.4 Å². The van der Waals surface area contributed by atoms with Gasteiger partial charge in [-0.25, -0.2) is 13.4 Å². The number of pyridine rings is 1. The lowest BCUT2D eigenvalue weighted by atomic mass is 10.5. The smallest absolute Gasteiger partial charge is 0.242 e. The molecule has 0 aliphatic rings. The largest absolute Gasteiger partial charge is 0.278 e. The molecule has 1 rings (SSSR count). The van der Waals surface area contributed by atoms with E-state index in [1.54, 1.807) is 0 Å². The van der Waals surface area contributed by atoms with Crippen molar-refractivity contribution in [3.05, 3.63) is 21.2 Å². The number of hydrogen-bond acceptors (Lipinski definition) is 3. The van der Waals surface area contributed by atoms with Gasteiger partial charge in [-0.15, -0.1) is 0 Å². The average molecular weight is 335 g/mol. The van der Waals surface area contributed by atoms with Crippen molar-refractivity contribution < 1.29 is 8.42 Å². The normalized spacial score (nSPS) is 11.6. The lowest BCUT2D eigenvalue weighted by Gasteiger charge is -1.97. The molecule has 0 saturated heterocycles. The lowest BCUT2D eigenvalue weighted by molar-refractivity contribution is 0.606. The van der Waals surface area contributed by atoms with E-state index in [9.17, 15) is 8.42 Å². The summed E-state index contributed by atoms with van der Waals surface area (Å²) >= 11 is 6.28. The predicted octanol–water partition coefficient (Wildman–Crippen LogP) is 2.53. The summed E-state index contributed by atoms with van der Waals surface area (Å²) in [4.78, 5) is 3.61. The zero-order valence-corrected chi connectivity index (χ0v) is 10.2. The molecule has 0 radical (unpaired) electrons. The molecule has 66 valence electrons. The maximum atomic E-state index is 10.8. The molecule has 0 fully saturated rings. The van der Waals surface area contributed by atoms with Crippen molar-refractivity contribution in [1.29, 1.82) is 0 Å². The minimum absolute atomic E-state index is 0.167. The van der Waals surface area contributed by atoms with Gasteiger partial charge in [-0.3, -0.25) is 0 Å². The van der Waals surface area contributed by atoms with Gasteiger partial charge in [-0.1, -0.05) is 0 Å². The minimum Gasteiger partial charge on any atom is -0.242 e. The van der Waals surface area contributed by atoms with Gasteiger partial charge in [0.25, 0.3) is 9.05 Å². The van der Waals surface area contributed by atoms with Crippen LogP contribution in [-0.2, 0) is 9.05 Å². The molecule has 0 saturated carbocycles. The van der Waals surface area contributed by atoms with Crippen molar-refractivity contribution in [3.63, 3.8) is 0 Å². The second kappa shape index (κ2) is 3.61. The summed E-state index contributed by atoms with van der Waals surface area (Å²) in [5.41, 5.74) is 0. The third-order valence-corrected chi connectivity index (χ3v) is 4.05. The molecule has 0 bridgehead atoms. The van der Waals surface area contributed by atoms with Crippen molar-refractivity contribution >= 4 is 51.6 Å². The van der Waals surface area contributed by atoms with Crippen LogP contribution in [0.5, 0.6) is 0 Å². The van der Waals surface area contributed by atoms with Crippen LogP contribution in [0, 0.1) is 0 Å². The van der Waals surface area contributed by atoms with Crippen LogP contribution in [0.15, 0.2) is 26.2 Å². The number of hydrogen-bond donors (Lipinski definition) is 0. The first-order valence-corrected chi connectivity index (χ1v) is 6.56. The fourth-order valence-corrected chi connectivity index (χ4v) is 1.91. The molecule has 0 amide bonds. The van der Waals surface area contributed by atoms with Crippen LogP contribution in [0.1, 0.15) is 0 Å². The van der Waals surface area contributed by atoms with Gasteiger partial charge in [0.1, 0.15) is 0 Å². The predicted molar refractivity (Wildman–Crippen MR) is 52.7 cm³/mol. The van der Waals surface area contributed by atoms with Crippen molar-refractivity contribution in [1.82, 2.24) is 4.98 Å². The molecule has 0 N–H and O–H groups in total. The SMILES string of the molecule is O=S(=O)(Cl)c1cc(Br)c(Br)cn1. The van der Waals surface area contributed by atoms with Crippen molar-refractivity contribution in [2.75, 3.05) is 0 Å². The molecule has 0 aromatic carbocycles. The van der Waals surface area contributed by atoms with Gasteiger partial charge >= 0.3 is 0 Å². The summed E-state index contributed by atoms with van der Waals surface area (Å²) in [6, 6.07) is 1.33. The molecular weight excluding hydrogens is 333 g/mol. The topological polar surface area (TPSA) is 47.0 Å². The van der Waals surface area contributed by atoms with Crippen LogP contribution < -0.4 is 0 Å². The Bertz CT molecular complexity index is 406. The third kappa shape index (κ3) is 2.42. The van der Waals surface area contributed by atoms with Crippen LogP contribution in [-0.4, -0.2) is 13.4 Å². The van der Waals surface area contributed by atoms with Crippen LogP contribution in [0.4, 0.5) is 0 Å². The van der Waals surface area contributed by atoms with Gasteiger partial charge in [-0.05, 0) is 37.9 Å². The summed E-state index contributed by atoms with van der Waals surface area (Å²) in [5.74, 6) is 0. The summed E-state index contributed by atoms with van der Waals surface area (Å²) in [7, 11) is 1.32. The number of halogens is 3. The Labute approximate surface area is 90.8 Å². The standard InChI is InChI=1S/C5H2Br2ClNO2S/c6-3-1-5(12(8,10)11)9-2-4(3)7/h1-2H. The number of rotatable bonds is 1. The van der Waals surface area contributed by atoms with Gasteiger partial charge < -0.3 is 0 Å². The van der Waals surface area contributed by atoms with Crippen LogP contribution in [0.25, 0.3) is 0 Å². The molecule has 1 aromatic rings. The molecule has 3 nitrogen and oxygen atoms in total. The first-order valence-electron chi connectivity index (χ1n) is 2.67. The average Bonchev–Trinajstić information content (AvgIpc) is 1.92. The van der Waals surface area contributed by atoms with Crippen molar-refractivity contribution in [2.45, 2.75) is 5.03 Å². The summed E-state index contributed by atoms with van der Waals surface area (Å²) in [5, 5.41) is -0.167. The van der Waals surface area contributed by atoms with E-state index in [1.165, 1.54) is 12.3 Å². The maximum absolute atomic E-state index is 10.8. The number of nitrogens with zero attached hydrogens (tertiary/aromatic N) is 1. The Hall–Kier alpha value is 0.350. The molecule has 0 aliphatic heterocycles. The molecular formula is C5H2Br2ClNO2S. The lowest BCUT2D eigenvalue weighted by Crippen LogP contribution is -1.94. The highest BCUT2D eigenvalue weighted by molar-refractivity contribution is 9.13. The third-order valence-electron chi connectivity index (χ3n) is 1.03. The molecule has 7 heteroatoms. The van der Waals surface area contributed by atoms with Gasteiger partial charge in [-0.2, -0.15) is 0 Å². The second-order valence-electron chi connectivity index (χ2n) is 1.87. The fraction of sp³-hybridized carbons (Fsp3) is 0. The molecule has 0 atom stereocenters. The van der Waals surface area contributed by atoms with Gasteiger partial charge in [0.2, 0.25) is 0 Å². The molecule has 0 aliphatic carbocycles. The maximum Gasteiger partial charge on any atom is 0.278 e. The van der Waals surface area contributed by atoms with Gasteiger partial charge in [0.05, 0.1) is 4.47 Å². The van der Waals surface area contributed by atoms with Crippen molar-refractivity contribution in [2.24, 2.45) is 0 Å². The van der Waals surface area contributed by atoms with Crippen LogP contribution in [0.2, 0.25) is 0 Å². The summed E-state index contributed by atoms with van der Waals surface area (Å²) < 4.78 is 22.8. The van der Waals surface area contributed by atoms with E-state index in [1.807, 2.05) is 0 Å². The Morgan fingerprint density at radius 3 is 2.33 bits per heavy atom. The highest BCUT2D eigenvalue weighted by Gasteiger charge is 2.12. The van der Waals surface area contributed by atoms with E-state index in [-0.39, 0.29) is 5.03 Å². The fourth-order valence-electron chi connectivity index (χ4n) is 0.530. The van der Waals surface area contributed by atoms with Crippen LogP contribution >= 0.6 is 42.5 Å². The first-order chi connectivity index (χ1) is 5.41. The van der Waals surface area contributed by atoms with E-state index >= 15 is 0 Å². The van der Waals surface area contributed by atoms with Crippen molar-refractivity contribution in [3.8, 4) is 0 Å². The summed E-state index contributed by atoms with van der Waals surface area (Å²) in [6.07, 6.45) is 1.36. The van der Waals surface area contributed by atoms with E-state index in [0.717, 1.165) is 0 Å². The van der Waals surface area contributed by atoms with E-state index in [0.29, 0.717) is 8.95 Å². The Balaban J connectivity index is 3.33. The quantitative estimate of drug-likeness (QED) is 0.741. The Morgan fingerprint density at radius 2 is 1.92 bits per heavy atom. The van der Waals surface area contributed by atoms with Gasteiger partial charge in [0.15, 0.2) is 5.03 Å². The molecule has 1 heterocycles. The Morgan fingerprint density at radius 1 is 1.33 bits per heavy atom. The number of aromatic nitrogens is 1. The summed E-state index contributed by atoms with van der Waals surface area (Å²) in [6.45, 7) is 0. The first kappa shape index (κ1) is 10.4. The second-order valence-corrected chi connectivity index (χ2v) is 6.10. The highest BCUT2D eigenvalue weighted by Crippen LogP contribution is 2.24. The molecule has 12 heavy (non-hydrogen) atoms. The zero-order valence-electron chi connectivity index (χ0n) is 5.46. The van der Waals surface area contributed by atoms with E-state index < -0.39 is 9.05 Å². The highest BCUT2D eigenvalue weighted by atomic mass is 79.9. The monoisotopic (exact) mass is 333 g/mol. The van der Waals surface area contributed by atoms with E-state index in [4.69, 9.17) is 10.7 Å². The minimum atomic E-state index is -3.73. The van der Waals surface area contributed by atoms with E-state index in [2.05, 4.69) is 36.8 Å². The Kier molecular flexibility index (Phi) is 3.14. The zero-order chi connectivity index (χ0) is 9.35. The molecule has 1 aromatic heterocycles.